The summed E-state index contributed by atoms with van der Waals surface area (Å²) in [4.78, 5) is 15.7. The minimum Gasteiger partial charge on any atom is -0.465 e. The third-order valence-corrected chi connectivity index (χ3v) is 3.86. The Kier molecular flexibility index (Phi) is 6.44. The molecule has 0 aromatic carbocycles. The third kappa shape index (κ3) is 4.51. The predicted molar refractivity (Wildman–Crippen MR) is 66.9 cm³/mol. The van der Waals surface area contributed by atoms with Gasteiger partial charge in [-0.1, -0.05) is 18.7 Å². The maximum absolute atomic E-state index is 11.6. The molecule has 0 fully saturated rings. The summed E-state index contributed by atoms with van der Waals surface area (Å²) >= 11 is 3.15. The number of carbonyl (C=O) groups excluding carboxylic acids is 1. The van der Waals surface area contributed by atoms with Gasteiger partial charge in [-0.2, -0.15) is 0 Å². The second kappa shape index (κ2) is 7.65. The third-order valence-electron chi connectivity index (χ3n) is 1.80. The van der Waals surface area contributed by atoms with E-state index < -0.39 is 0 Å². The maximum Gasteiger partial charge on any atom is 0.323 e. The Morgan fingerprint density at radius 2 is 2.50 bits per heavy atom. The van der Waals surface area contributed by atoms with Crippen LogP contribution in [-0.2, 0) is 9.53 Å². The van der Waals surface area contributed by atoms with Crippen molar-refractivity contribution in [3.05, 3.63) is 11.6 Å². The van der Waals surface area contributed by atoms with Crippen LogP contribution in [0.3, 0.4) is 0 Å². The fraction of sp³-hybridized carbons (Fsp3) is 0.600. The summed E-state index contributed by atoms with van der Waals surface area (Å²) in [7, 11) is 0. The quantitative estimate of drug-likeness (QED) is 0.598. The van der Waals surface area contributed by atoms with Gasteiger partial charge < -0.3 is 10.1 Å². The van der Waals surface area contributed by atoms with E-state index in [4.69, 9.17) is 4.74 Å². The fourth-order valence-electron chi connectivity index (χ4n) is 1.14. The molecule has 0 radical (unpaired) electrons. The van der Waals surface area contributed by atoms with Crippen LogP contribution in [0.2, 0.25) is 0 Å². The minimum atomic E-state index is -0.251. The molecule has 1 aromatic heterocycles. The van der Waals surface area contributed by atoms with E-state index in [0.717, 1.165) is 10.9 Å². The van der Waals surface area contributed by atoms with Gasteiger partial charge in [0, 0.05) is 17.3 Å². The highest BCUT2D eigenvalue weighted by Crippen LogP contribution is 2.21. The number of hydrogen-bond donors (Lipinski definition) is 1. The van der Waals surface area contributed by atoms with E-state index in [1.54, 1.807) is 29.3 Å². The highest BCUT2D eigenvalue weighted by Gasteiger charge is 2.18. The molecule has 1 atom stereocenters. The van der Waals surface area contributed by atoms with Crippen molar-refractivity contribution >= 4 is 29.1 Å². The van der Waals surface area contributed by atoms with E-state index >= 15 is 0 Å². The van der Waals surface area contributed by atoms with E-state index in [9.17, 15) is 4.79 Å². The van der Waals surface area contributed by atoms with Gasteiger partial charge in [0.15, 0.2) is 0 Å². The normalized spacial score (nSPS) is 12.4. The molecule has 90 valence electrons. The lowest BCUT2D eigenvalue weighted by Crippen LogP contribution is -2.40. The first-order valence-electron chi connectivity index (χ1n) is 5.20. The largest absolute Gasteiger partial charge is 0.465 e. The molecular weight excluding hydrogens is 244 g/mol. The molecule has 0 saturated heterocycles. The maximum atomic E-state index is 11.6. The zero-order chi connectivity index (χ0) is 11.8. The number of hydrogen-bond acceptors (Lipinski definition) is 6. The Balaban J connectivity index is 2.41. The van der Waals surface area contributed by atoms with Gasteiger partial charge >= 0.3 is 5.97 Å². The van der Waals surface area contributed by atoms with Gasteiger partial charge in [-0.3, -0.25) is 4.79 Å². The molecule has 0 amide bonds. The number of thioether (sulfide) groups is 1. The molecule has 0 aliphatic carbocycles. The van der Waals surface area contributed by atoms with Crippen molar-refractivity contribution in [2.24, 2.45) is 0 Å². The number of aromatic nitrogens is 1. The lowest BCUT2D eigenvalue weighted by Gasteiger charge is -2.14. The second-order valence-electron chi connectivity index (χ2n) is 2.97. The molecule has 16 heavy (non-hydrogen) atoms. The first kappa shape index (κ1) is 13.5. The number of likely N-dealkylation sites (N-methyl/N-ethyl adjacent to an activating group) is 1. The lowest BCUT2D eigenvalue weighted by atomic mass is 10.3. The molecule has 6 heteroatoms. The summed E-state index contributed by atoms with van der Waals surface area (Å²) in [6.45, 7) is 4.96. The first-order valence-corrected chi connectivity index (χ1v) is 7.06. The van der Waals surface area contributed by atoms with Crippen LogP contribution in [0.4, 0.5) is 0 Å². The zero-order valence-electron chi connectivity index (χ0n) is 9.43. The number of esters is 1. The zero-order valence-corrected chi connectivity index (χ0v) is 11.1. The molecule has 1 N–H and O–H groups in total. The smallest absolute Gasteiger partial charge is 0.323 e. The Bertz CT molecular complexity index is 304. The molecule has 1 rings (SSSR count). The molecule has 0 aliphatic rings. The van der Waals surface area contributed by atoms with Gasteiger partial charge in [0.25, 0.3) is 0 Å². The monoisotopic (exact) mass is 260 g/mol. The molecule has 0 aliphatic heterocycles. The Morgan fingerprint density at radius 3 is 3.06 bits per heavy atom. The van der Waals surface area contributed by atoms with Crippen LogP contribution in [0.5, 0.6) is 0 Å². The summed E-state index contributed by atoms with van der Waals surface area (Å²) in [5.41, 5.74) is 0. The van der Waals surface area contributed by atoms with Crippen LogP contribution in [-0.4, -0.2) is 35.9 Å². The SMILES string of the molecule is CCNC(CSc1nccs1)C(=O)OCC. The number of ether oxygens (including phenoxy) is 1. The summed E-state index contributed by atoms with van der Waals surface area (Å²) in [6.07, 6.45) is 1.76. The number of rotatable bonds is 7. The first-order chi connectivity index (χ1) is 7.77. The highest BCUT2D eigenvalue weighted by molar-refractivity contribution is 8.01. The van der Waals surface area contributed by atoms with Gasteiger partial charge in [0.2, 0.25) is 0 Å². The second-order valence-corrected chi connectivity index (χ2v) is 5.13. The van der Waals surface area contributed by atoms with E-state index in [2.05, 4.69) is 10.3 Å². The van der Waals surface area contributed by atoms with Crippen molar-refractivity contribution in [3.8, 4) is 0 Å². The van der Waals surface area contributed by atoms with Crippen molar-refractivity contribution in [1.82, 2.24) is 10.3 Å². The molecule has 0 spiro atoms. The summed E-state index contributed by atoms with van der Waals surface area (Å²) in [6, 6.07) is -0.251. The van der Waals surface area contributed by atoms with Crippen LogP contribution >= 0.6 is 23.1 Å². The van der Waals surface area contributed by atoms with Crippen LogP contribution in [0.25, 0.3) is 0 Å². The van der Waals surface area contributed by atoms with Crippen LogP contribution in [0.1, 0.15) is 13.8 Å². The fourth-order valence-corrected chi connectivity index (χ4v) is 2.84. The predicted octanol–water partition coefficient (Wildman–Crippen LogP) is 1.78. The van der Waals surface area contributed by atoms with Gasteiger partial charge in [-0.15, -0.1) is 11.3 Å². The summed E-state index contributed by atoms with van der Waals surface area (Å²) in [5.74, 6) is 0.466. The lowest BCUT2D eigenvalue weighted by molar-refractivity contribution is -0.144. The minimum absolute atomic E-state index is 0.187. The number of thiazole rings is 1. The highest BCUT2D eigenvalue weighted by atomic mass is 32.2. The van der Waals surface area contributed by atoms with Crippen LogP contribution < -0.4 is 5.32 Å². The van der Waals surface area contributed by atoms with E-state index in [-0.39, 0.29) is 12.0 Å². The molecule has 4 nitrogen and oxygen atoms in total. The number of nitrogens with one attached hydrogen (secondary N) is 1. The Morgan fingerprint density at radius 1 is 1.69 bits per heavy atom. The Hall–Kier alpha value is -0.590. The summed E-state index contributed by atoms with van der Waals surface area (Å²) in [5, 5.41) is 5.04. The van der Waals surface area contributed by atoms with E-state index in [0.29, 0.717) is 12.4 Å². The van der Waals surface area contributed by atoms with Crippen molar-refractivity contribution < 1.29 is 9.53 Å². The van der Waals surface area contributed by atoms with Gasteiger partial charge in [0.1, 0.15) is 10.4 Å². The average Bonchev–Trinajstić information content (AvgIpc) is 2.77. The van der Waals surface area contributed by atoms with Crippen molar-refractivity contribution in [3.63, 3.8) is 0 Å². The van der Waals surface area contributed by atoms with Crippen molar-refractivity contribution in [2.75, 3.05) is 18.9 Å². The van der Waals surface area contributed by atoms with Gasteiger partial charge in [0.05, 0.1) is 6.61 Å². The standard InChI is InChI=1S/C10H16N2O2S2/c1-3-11-8(9(13)14-4-2)7-16-10-12-5-6-15-10/h5-6,8,11H,3-4,7H2,1-2H3. The number of carbonyl (C=O) groups is 1. The van der Waals surface area contributed by atoms with Crippen LogP contribution in [0.15, 0.2) is 15.9 Å². The summed E-state index contributed by atoms with van der Waals surface area (Å²) < 4.78 is 5.97. The molecule has 1 heterocycles. The average molecular weight is 260 g/mol. The number of nitrogens with zero attached hydrogens (tertiary/aromatic N) is 1. The topological polar surface area (TPSA) is 51.2 Å². The van der Waals surface area contributed by atoms with E-state index in [1.807, 2.05) is 19.2 Å². The molecular formula is C10H16N2O2S2. The van der Waals surface area contributed by atoms with Crippen molar-refractivity contribution in [1.29, 1.82) is 0 Å². The Labute approximate surface area is 104 Å². The van der Waals surface area contributed by atoms with Gasteiger partial charge in [-0.05, 0) is 13.5 Å². The van der Waals surface area contributed by atoms with E-state index in [1.165, 1.54) is 0 Å². The van der Waals surface area contributed by atoms with Crippen LogP contribution in [0, 0.1) is 0 Å². The van der Waals surface area contributed by atoms with Gasteiger partial charge in [-0.25, -0.2) is 4.98 Å². The van der Waals surface area contributed by atoms with Crippen molar-refractivity contribution in [2.45, 2.75) is 24.2 Å². The molecule has 1 unspecified atom stereocenters. The molecule has 0 saturated carbocycles. The molecule has 0 bridgehead atoms. The molecule has 1 aromatic rings.